The molecule has 1 aliphatic heterocycles. The second-order valence-electron chi connectivity index (χ2n) is 6.17. The summed E-state index contributed by atoms with van der Waals surface area (Å²) in [6.07, 6.45) is 2.71. The van der Waals surface area contributed by atoms with Crippen molar-refractivity contribution in [2.24, 2.45) is 4.99 Å². The zero-order chi connectivity index (χ0) is 16.8. The first kappa shape index (κ1) is 20.1. The summed E-state index contributed by atoms with van der Waals surface area (Å²) in [7, 11) is 0. The van der Waals surface area contributed by atoms with Crippen LogP contribution in [0.15, 0.2) is 23.2 Å². The number of ether oxygens (including phenoxy) is 2. The number of aliphatic imine (C=N–C) groups is 1. The molecule has 6 nitrogen and oxygen atoms in total. The van der Waals surface area contributed by atoms with Crippen molar-refractivity contribution in [3.05, 3.63) is 23.8 Å². The van der Waals surface area contributed by atoms with Crippen molar-refractivity contribution in [1.29, 1.82) is 0 Å². The van der Waals surface area contributed by atoms with Crippen LogP contribution in [0.5, 0.6) is 11.5 Å². The maximum atomic E-state index is 5.42. The van der Waals surface area contributed by atoms with Gasteiger partial charge in [0.05, 0.1) is 6.54 Å². The van der Waals surface area contributed by atoms with E-state index < -0.39 is 0 Å². The van der Waals surface area contributed by atoms with Crippen molar-refractivity contribution >= 4 is 29.9 Å². The molecule has 1 aromatic rings. The van der Waals surface area contributed by atoms with E-state index in [-0.39, 0.29) is 24.0 Å². The van der Waals surface area contributed by atoms with E-state index in [4.69, 9.17) is 9.47 Å². The monoisotopic (exact) mass is 460 g/mol. The molecule has 1 aromatic carbocycles. The van der Waals surface area contributed by atoms with Crippen LogP contribution in [0.4, 0.5) is 0 Å². The van der Waals surface area contributed by atoms with E-state index in [2.05, 4.69) is 34.4 Å². The van der Waals surface area contributed by atoms with Gasteiger partial charge in [-0.25, -0.2) is 4.99 Å². The van der Waals surface area contributed by atoms with E-state index in [9.17, 15) is 0 Å². The van der Waals surface area contributed by atoms with Crippen LogP contribution < -0.4 is 20.1 Å². The molecular weight excluding hydrogens is 431 g/mol. The molecular formula is C18H29IN4O2. The Bertz CT molecular complexity index is 578. The van der Waals surface area contributed by atoms with Gasteiger partial charge in [0.25, 0.3) is 0 Å². The summed E-state index contributed by atoms with van der Waals surface area (Å²) in [6, 6.07) is 6.79. The van der Waals surface area contributed by atoms with Gasteiger partial charge in [-0.15, -0.1) is 24.0 Å². The van der Waals surface area contributed by atoms with Gasteiger partial charge in [-0.05, 0) is 44.0 Å². The second kappa shape index (κ2) is 10.1. The number of rotatable bonds is 8. The van der Waals surface area contributed by atoms with Crippen LogP contribution in [0.2, 0.25) is 0 Å². The largest absolute Gasteiger partial charge is 0.454 e. The Kier molecular flexibility index (Phi) is 8.08. The smallest absolute Gasteiger partial charge is 0.231 e. The molecule has 1 heterocycles. The molecule has 0 radical (unpaired) electrons. The number of likely N-dealkylation sites (N-methyl/N-ethyl adjacent to an activating group) is 1. The second-order valence-corrected chi connectivity index (χ2v) is 6.17. The van der Waals surface area contributed by atoms with Gasteiger partial charge in [0, 0.05) is 25.7 Å². The van der Waals surface area contributed by atoms with Crippen molar-refractivity contribution in [2.75, 3.05) is 33.0 Å². The summed E-state index contributed by atoms with van der Waals surface area (Å²) >= 11 is 0. The Morgan fingerprint density at radius 3 is 2.72 bits per heavy atom. The first-order valence-electron chi connectivity index (χ1n) is 8.95. The lowest BCUT2D eigenvalue weighted by Crippen LogP contribution is -2.42. The van der Waals surface area contributed by atoms with E-state index in [1.54, 1.807) is 0 Å². The summed E-state index contributed by atoms with van der Waals surface area (Å²) in [4.78, 5) is 7.21. The zero-order valence-electron chi connectivity index (χ0n) is 15.1. The molecule has 0 bridgehead atoms. The van der Waals surface area contributed by atoms with Gasteiger partial charge >= 0.3 is 0 Å². The summed E-state index contributed by atoms with van der Waals surface area (Å²) < 4.78 is 10.8. The van der Waals surface area contributed by atoms with E-state index >= 15 is 0 Å². The SMILES string of the molecule is CCNC(=NCc1ccc2c(c1)OCO2)NCCN(CC)C1CC1.I. The van der Waals surface area contributed by atoms with Crippen LogP contribution >= 0.6 is 24.0 Å². The summed E-state index contributed by atoms with van der Waals surface area (Å²) in [5.41, 5.74) is 1.12. The zero-order valence-corrected chi connectivity index (χ0v) is 17.4. The van der Waals surface area contributed by atoms with Crippen LogP contribution in [0.1, 0.15) is 32.3 Å². The third-order valence-electron chi connectivity index (χ3n) is 4.36. The Morgan fingerprint density at radius 1 is 1.20 bits per heavy atom. The number of hydrogen-bond acceptors (Lipinski definition) is 4. The quantitative estimate of drug-likeness (QED) is 0.355. The van der Waals surface area contributed by atoms with Crippen LogP contribution in [-0.4, -0.2) is 49.9 Å². The molecule has 2 aliphatic rings. The molecule has 1 fully saturated rings. The Balaban J connectivity index is 0.00000225. The molecule has 2 N–H and O–H groups in total. The van der Waals surface area contributed by atoms with Gasteiger partial charge in [0.15, 0.2) is 17.5 Å². The number of hydrogen-bond donors (Lipinski definition) is 2. The van der Waals surface area contributed by atoms with E-state index in [1.807, 2.05) is 18.2 Å². The predicted octanol–water partition coefficient (Wildman–Crippen LogP) is 2.57. The van der Waals surface area contributed by atoms with Crippen LogP contribution in [-0.2, 0) is 6.54 Å². The van der Waals surface area contributed by atoms with Gasteiger partial charge in [-0.2, -0.15) is 0 Å². The summed E-state index contributed by atoms with van der Waals surface area (Å²) in [5.74, 6) is 2.48. The fraction of sp³-hybridized carbons (Fsp3) is 0.611. The highest BCUT2D eigenvalue weighted by molar-refractivity contribution is 14.0. The number of nitrogens with one attached hydrogen (secondary N) is 2. The Morgan fingerprint density at radius 2 is 2.00 bits per heavy atom. The molecule has 140 valence electrons. The minimum absolute atomic E-state index is 0. The maximum Gasteiger partial charge on any atom is 0.231 e. The van der Waals surface area contributed by atoms with Crippen molar-refractivity contribution in [3.63, 3.8) is 0 Å². The first-order valence-corrected chi connectivity index (χ1v) is 8.95. The molecule has 1 aliphatic carbocycles. The molecule has 0 amide bonds. The highest BCUT2D eigenvalue weighted by atomic mass is 127. The van der Waals surface area contributed by atoms with Crippen LogP contribution in [0.3, 0.4) is 0 Å². The number of nitrogens with zero attached hydrogens (tertiary/aromatic N) is 2. The standard InChI is InChI=1S/C18H28N4O2.HI/c1-3-19-18(20-9-10-22(4-2)15-6-7-15)21-12-14-5-8-16-17(11-14)24-13-23-16;/h5,8,11,15H,3-4,6-7,9-10,12-13H2,1-2H3,(H2,19,20,21);1H. The molecule has 0 saturated heterocycles. The lowest BCUT2D eigenvalue weighted by Gasteiger charge is -2.20. The highest BCUT2D eigenvalue weighted by Crippen LogP contribution is 2.32. The minimum atomic E-state index is 0. The average molecular weight is 460 g/mol. The molecule has 7 heteroatoms. The Labute approximate surface area is 167 Å². The molecule has 0 aromatic heterocycles. The normalized spacial score (nSPS) is 15.9. The van der Waals surface area contributed by atoms with Gasteiger partial charge in [-0.1, -0.05) is 13.0 Å². The Hall–Kier alpha value is -1.22. The van der Waals surface area contributed by atoms with Gasteiger partial charge < -0.3 is 20.1 Å². The number of fused-ring (bicyclic) bond motifs is 1. The van der Waals surface area contributed by atoms with Gasteiger partial charge in [0.1, 0.15) is 0 Å². The summed E-state index contributed by atoms with van der Waals surface area (Å²) in [6.45, 7) is 9.20. The fourth-order valence-corrected chi connectivity index (χ4v) is 2.91. The van der Waals surface area contributed by atoms with Crippen molar-refractivity contribution < 1.29 is 9.47 Å². The molecule has 0 unspecified atom stereocenters. The maximum absolute atomic E-state index is 5.42. The van der Waals surface area contributed by atoms with Crippen LogP contribution in [0, 0.1) is 0 Å². The number of benzene rings is 1. The molecule has 0 atom stereocenters. The van der Waals surface area contributed by atoms with Gasteiger partial charge in [0.2, 0.25) is 6.79 Å². The number of guanidine groups is 1. The van der Waals surface area contributed by atoms with Crippen molar-refractivity contribution in [1.82, 2.24) is 15.5 Å². The van der Waals surface area contributed by atoms with Crippen LogP contribution in [0.25, 0.3) is 0 Å². The molecule has 25 heavy (non-hydrogen) atoms. The minimum Gasteiger partial charge on any atom is -0.454 e. The summed E-state index contributed by atoms with van der Waals surface area (Å²) in [5, 5.41) is 6.74. The third-order valence-corrected chi connectivity index (χ3v) is 4.36. The topological polar surface area (TPSA) is 58.1 Å². The first-order chi connectivity index (χ1) is 11.8. The third kappa shape index (κ3) is 5.91. The van der Waals surface area contributed by atoms with Crippen molar-refractivity contribution in [3.8, 4) is 11.5 Å². The number of halogens is 1. The van der Waals surface area contributed by atoms with E-state index in [1.165, 1.54) is 12.8 Å². The van der Waals surface area contributed by atoms with E-state index in [0.717, 1.165) is 55.2 Å². The predicted molar refractivity (Wildman–Crippen MR) is 111 cm³/mol. The highest BCUT2D eigenvalue weighted by Gasteiger charge is 2.27. The fourth-order valence-electron chi connectivity index (χ4n) is 2.91. The molecule has 1 saturated carbocycles. The molecule has 3 rings (SSSR count). The van der Waals surface area contributed by atoms with Gasteiger partial charge in [-0.3, -0.25) is 4.90 Å². The lowest BCUT2D eigenvalue weighted by molar-refractivity contribution is 0.174. The average Bonchev–Trinajstić information content (AvgIpc) is 3.33. The molecule has 0 spiro atoms. The lowest BCUT2D eigenvalue weighted by atomic mass is 10.2. The van der Waals surface area contributed by atoms with Crippen molar-refractivity contribution in [2.45, 2.75) is 39.3 Å². The van der Waals surface area contributed by atoms with E-state index in [0.29, 0.717) is 13.3 Å².